The summed E-state index contributed by atoms with van der Waals surface area (Å²) in [6.07, 6.45) is 0. The molecule has 0 aliphatic carbocycles. The van der Waals surface area contributed by atoms with Crippen LogP contribution >= 0.6 is 0 Å². The van der Waals surface area contributed by atoms with E-state index in [-0.39, 0.29) is 42.5 Å². The minimum Gasteiger partial charge on any atom is -0.870 e. The van der Waals surface area contributed by atoms with E-state index in [1.54, 1.807) is 0 Å². The van der Waals surface area contributed by atoms with Crippen LogP contribution in [0.25, 0.3) is 0 Å². The Morgan fingerprint density at radius 1 is 0.714 bits per heavy atom. The quantitative estimate of drug-likeness (QED) is 0.294. The summed E-state index contributed by atoms with van der Waals surface area (Å²) >= 11 is 0. The van der Waals surface area contributed by atoms with Crippen LogP contribution in [0.2, 0.25) is 0 Å². The molecule has 0 spiro atoms. The van der Waals surface area contributed by atoms with E-state index in [2.05, 4.69) is 26.3 Å². The first-order valence-corrected chi connectivity index (χ1v) is 1.000. The summed E-state index contributed by atoms with van der Waals surface area (Å²) in [5.41, 5.74) is 0. The van der Waals surface area contributed by atoms with Gasteiger partial charge >= 0.3 is 29.6 Å². The van der Waals surface area contributed by atoms with Gasteiger partial charge in [0, 0.05) is 0 Å². The van der Waals surface area contributed by atoms with E-state index in [0.29, 0.717) is 0 Å². The molecular formula is C5H13NaO. The third-order valence-electron chi connectivity index (χ3n) is 0. The van der Waals surface area contributed by atoms with Crippen LogP contribution in [-0.4, -0.2) is 5.48 Å². The zero-order valence-electron chi connectivity index (χ0n) is 4.28. The van der Waals surface area contributed by atoms with E-state index in [4.69, 9.17) is 0 Å². The molecule has 1 nitrogen and oxygen atoms in total. The summed E-state index contributed by atoms with van der Waals surface area (Å²) in [5.74, 6) is 0. The van der Waals surface area contributed by atoms with Gasteiger partial charge in [-0.1, -0.05) is 7.43 Å². The molecule has 0 aliphatic rings. The standard InChI is InChI=1S/2C2H4.CH4.Na.H2O/c2*1-2;;;/h2*1-2H2;1H4;;1H2/q;;;+1;/p-1. The Hall–Kier alpha value is 0.440. The zero-order valence-corrected chi connectivity index (χ0v) is 6.28. The van der Waals surface area contributed by atoms with Crippen LogP contribution in [0.1, 0.15) is 7.43 Å². The van der Waals surface area contributed by atoms with E-state index in [9.17, 15) is 0 Å². The Morgan fingerprint density at radius 3 is 0.714 bits per heavy atom. The Labute approximate surface area is 68.7 Å². The van der Waals surface area contributed by atoms with Gasteiger partial charge in [0.1, 0.15) is 0 Å². The molecule has 0 amide bonds. The second kappa shape index (κ2) is 984. The van der Waals surface area contributed by atoms with E-state index in [0.717, 1.165) is 0 Å². The van der Waals surface area contributed by atoms with Gasteiger partial charge in [0.25, 0.3) is 0 Å². The van der Waals surface area contributed by atoms with Crippen LogP contribution in [0.3, 0.4) is 0 Å². The topological polar surface area (TPSA) is 30.0 Å². The second-order valence-electron chi connectivity index (χ2n) is 0. The van der Waals surface area contributed by atoms with Gasteiger partial charge in [0.05, 0.1) is 0 Å². The third-order valence-corrected chi connectivity index (χ3v) is 0. The molecule has 7 heavy (non-hydrogen) atoms. The van der Waals surface area contributed by atoms with Crippen molar-refractivity contribution in [2.45, 2.75) is 7.43 Å². The van der Waals surface area contributed by atoms with Gasteiger partial charge in [0.15, 0.2) is 0 Å². The van der Waals surface area contributed by atoms with Crippen molar-refractivity contribution < 1.29 is 35.0 Å². The summed E-state index contributed by atoms with van der Waals surface area (Å²) in [5, 5.41) is 0. The molecule has 0 saturated heterocycles. The molecule has 0 heterocycles. The summed E-state index contributed by atoms with van der Waals surface area (Å²) in [6, 6.07) is 0. The van der Waals surface area contributed by atoms with Crippen molar-refractivity contribution in [3.05, 3.63) is 26.3 Å². The molecule has 0 unspecified atom stereocenters. The van der Waals surface area contributed by atoms with Crippen molar-refractivity contribution in [3.8, 4) is 0 Å². The van der Waals surface area contributed by atoms with E-state index in [1.165, 1.54) is 0 Å². The number of hydrogen-bond donors (Lipinski definition) is 0. The van der Waals surface area contributed by atoms with E-state index >= 15 is 0 Å². The zero-order chi connectivity index (χ0) is 4.00. The predicted octanol–water partition coefficient (Wildman–Crippen LogP) is -0.932. The molecule has 0 aromatic carbocycles. The van der Waals surface area contributed by atoms with Crippen molar-refractivity contribution in [1.82, 2.24) is 0 Å². The predicted molar refractivity (Wildman–Crippen MR) is 31.2 cm³/mol. The Morgan fingerprint density at radius 2 is 0.714 bits per heavy atom. The summed E-state index contributed by atoms with van der Waals surface area (Å²) in [7, 11) is 0. The normalized spacial score (nSPS) is 1.14. The molecule has 0 radical (unpaired) electrons. The van der Waals surface area contributed by atoms with Gasteiger partial charge in [-0.2, -0.15) is 0 Å². The summed E-state index contributed by atoms with van der Waals surface area (Å²) < 4.78 is 0. The fourth-order valence-corrected chi connectivity index (χ4v) is 0. The van der Waals surface area contributed by atoms with Crippen LogP contribution in [0.15, 0.2) is 26.3 Å². The molecule has 40 valence electrons. The van der Waals surface area contributed by atoms with Crippen molar-refractivity contribution in [2.75, 3.05) is 0 Å². The molecule has 0 fully saturated rings. The average Bonchev–Trinajstić information content (AvgIpc) is 1.50. The second-order valence-corrected chi connectivity index (χ2v) is 0. The molecule has 0 aromatic rings. The average molecular weight is 112 g/mol. The molecule has 0 bridgehead atoms. The SMILES string of the molecule is C.C=C.C=C.[Na+].[OH-]. The minimum atomic E-state index is 0. The van der Waals surface area contributed by atoms with Crippen LogP contribution in [0.4, 0.5) is 0 Å². The Balaban J connectivity index is -0.00000000267. The number of rotatable bonds is 0. The van der Waals surface area contributed by atoms with Crippen molar-refractivity contribution in [3.63, 3.8) is 0 Å². The van der Waals surface area contributed by atoms with Gasteiger partial charge < -0.3 is 5.48 Å². The van der Waals surface area contributed by atoms with Crippen molar-refractivity contribution in [1.29, 1.82) is 0 Å². The molecule has 0 saturated carbocycles. The number of hydrogen-bond acceptors (Lipinski definition) is 1. The van der Waals surface area contributed by atoms with Crippen LogP contribution < -0.4 is 29.6 Å². The van der Waals surface area contributed by atoms with E-state index < -0.39 is 0 Å². The first kappa shape index (κ1) is 51.8. The van der Waals surface area contributed by atoms with Gasteiger partial charge in [-0.3, -0.25) is 0 Å². The largest absolute Gasteiger partial charge is 1.00 e. The molecule has 0 aromatic heterocycles. The summed E-state index contributed by atoms with van der Waals surface area (Å²) in [4.78, 5) is 0. The fourth-order valence-electron chi connectivity index (χ4n) is 0. The Kier molecular flexibility index (Phi) is 7290. The maximum atomic E-state index is 3.00. The van der Waals surface area contributed by atoms with Gasteiger partial charge in [-0.15, -0.1) is 26.3 Å². The smallest absolute Gasteiger partial charge is 0.870 e. The molecule has 1 N–H and O–H groups in total. The van der Waals surface area contributed by atoms with Crippen LogP contribution in [-0.2, 0) is 0 Å². The monoisotopic (exact) mass is 112 g/mol. The summed E-state index contributed by atoms with van der Waals surface area (Å²) in [6.45, 7) is 12.0. The maximum Gasteiger partial charge on any atom is 1.00 e. The van der Waals surface area contributed by atoms with Gasteiger partial charge in [-0.25, -0.2) is 0 Å². The molecule has 0 atom stereocenters. The van der Waals surface area contributed by atoms with Crippen LogP contribution in [0, 0.1) is 0 Å². The van der Waals surface area contributed by atoms with Crippen molar-refractivity contribution >= 4 is 0 Å². The first-order valence-electron chi connectivity index (χ1n) is 1.000. The Bertz CT molecular complexity index is 10.0. The van der Waals surface area contributed by atoms with E-state index in [1.807, 2.05) is 0 Å². The molecule has 0 aliphatic heterocycles. The first-order chi connectivity index (χ1) is 2.00. The van der Waals surface area contributed by atoms with Gasteiger partial charge in [-0.05, 0) is 0 Å². The minimum absolute atomic E-state index is 0. The van der Waals surface area contributed by atoms with Crippen LogP contribution in [0.5, 0.6) is 0 Å². The third kappa shape index (κ3) is 656. The maximum absolute atomic E-state index is 3.00. The van der Waals surface area contributed by atoms with Crippen molar-refractivity contribution in [2.24, 2.45) is 0 Å². The van der Waals surface area contributed by atoms with Gasteiger partial charge in [0.2, 0.25) is 0 Å². The molecular weight excluding hydrogens is 99.0 g/mol. The molecule has 2 heteroatoms. The molecule has 0 rings (SSSR count). The fraction of sp³-hybridized carbons (Fsp3) is 0.200.